The molecule has 3 rings (SSSR count). The molecule has 1 aromatic carbocycles. The first-order valence-electron chi connectivity index (χ1n) is 7.45. The second kappa shape index (κ2) is 5.74. The van der Waals surface area contributed by atoms with E-state index in [4.69, 9.17) is 0 Å². The Labute approximate surface area is 128 Å². The monoisotopic (exact) mass is 341 g/mol. The molecule has 0 bridgehead atoms. The fourth-order valence-electron chi connectivity index (χ4n) is 3.69. The number of likely N-dealkylation sites (tertiary alicyclic amines) is 1. The molecule has 4 heteroatoms. The van der Waals surface area contributed by atoms with Crippen molar-refractivity contribution in [3.63, 3.8) is 0 Å². The standard InChI is InChI=1S/C16H21BrFNO/c17-15-5-4-14(18)9-12(15)10-19-8-7-16(20)6-2-1-3-13(16)11-19/h4-5,9,13,20H,1-3,6-8,10-11H2. The predicted molar refractivity (Wildman–Crippen MR) is 80.9 cm³/mol. The summed E-state index contributed by atoms with van der Waals surface area (Å²) in [5.41, 5.74) is 0.555. The summed E-state index contributed by atoms with van der Waals surface area (Å²) in [5, 5.41) is 10.7. The second-order valence-electron chi connectivity index (χ2n) is 6.27. The summed E-state index contributed by atoms with van der Waals surface area (Å²) < 4.78 is 14.3. The summed E-state index contributed by atoms with van der Waals surface area (Å²) in [7, 11) is 0. The van der Waals surface area contributed by atoms with E-state index in [0.717, 1.165) is 55.4 Å². The quantitative estimate of drug-likeness (QED) is 0.886. The normalized spacial score (nSPS) is 31.1. The van der Waals surface area contributed by atoms with Crippen LogP contribution in [0.3, 0.4) is 0 Å². The molecule has 0 aromatic heterocycles. The molecule has 2 unspecified atom stereocenters. The first-order valence-corrected chi connectivity index (χ1v) is 8.25. The lowest BCUT2D eigenvalue weighted by molar-refractivity contribution is -0.0968. The maximum absolute atomic E-state index is 13.4. The number of fused-ring (bicyclic) bond motifs is 1. The van der Waals surface area contributed by atoms with Crippen LogP contribution < -0.4 is 0 Å². The van der Waals surface area contributed by atoms with Gasteiger partial charge in [-0.2, -0.15) is 0 Å². The van der Waals surface area contributed by atoms with Crippen LogP contribution >= 0.6 is 15.9 Å². The molecular weight excluding hydrogens is 321 g/mol. The molecule has 0 amide bonds. The molecule has 110 valence electrons. The number of nitrogens with zero attached hydrogens (tertiary/aromatic N) is 1. The van der Waals surface area contributed by atoms with Crippen molar-refractivity contribution < 1.29 is 9.50 Å². The van der Waals surface area contributed by atoms with E-state index in [1.807, 2.05) is 0 Å². The van der Waals surface area contributed by atoms with E-state index in [1.54, 1.807) is 12.1 Å². The van der Waals surface area contributed by atoms with Crippen LogP contribution in [-0.4, -0.2) is 28.7 Å². The molecular formula is C16H21BrFNO. The molecule has 1 N–H and O–H groups in total. The molecule has 2 fully saturated rings. The predicted octanol–water partition coefficient (Wildman–Crippen LogP) is 3.72. The Kier molecular flexibility index (Phi) is 4.16. The third kappa shape index (κ3) is 2.92. The molecule has 0 radical (unpaired) electrons. The lowest BCUT2D eigenvalue weighted by Crippen LogP contribution is -2.52. The Bertz CT molecular complexity index is 495. The molecule has 2 aliphatic rings. The van der Waals surface area contributed by atoms with Crippen molar-refractivity contribution in [2.45, 2.75) is 44.2 Å². The van der Waals surface area contributed by atoms with E-state index >= 15 is 0 Å². The van der Waals surface area contributed by atoms with Crippen LogP contribution in [0.5, 0.6) is 0 Å². The molecule has 2 atom stereocenters. The highest BCUT2D eigenvalue weighted by molar-refractivity contribution is 9.10. The maximum atomic E-state index is 13.4. The SMILES string of the molecule is OC12CCCCC1CN(Cc1cc(F)ccc1Br)CC2. The highest BCUT2D eigenvalue weighted by Gasteiger charge is 2.42. The van der Waals surface area contributed by atoms with E-state index in [0.29, 0.717) is 5.92 Å². The minimum absolute atomic E-state index is 0.186. The van der Waals surface area contributed by atoms with Gasteiger partial charge in [0.2, 0.25) is 0 Å². The van der Waals surface area contributed by atoms with Crippen molar-refractivity contribution >= 4 is 15.9 Å². The summed E-state index contributed by atoms with van der Waals surface area (Å²) in [6, 6.07) is 4.85. The molecule has 1 saturated heterocycles. The Morgan fingerprint density at radius 3 is 3.05 bits per heavy atom. The van der Waals surface area contributed by atoms with Crippen LogP contribution in [0.4, 0.5) is 4.39 Å². The van der Waals surface area contributed by atoms with Crippen LogP contribution in [0, 0.1) is 11.7 Å². The summed E-state index contributed by atoms with van der Waals surface area (Å²) in [5.74, 6) is 0.201. The number of hydrogen-bond acceptors (Lipinski definition) is 2. The minimum atomic E-state index is -0.437. The Morgan fingerprint density at radius 1 is 1.35 bits per heavy atom. The van der Waals surface area contributed by atoms with E-state index in [1.165, 1.54) is 12.5 Å². The number of benzene rings is 1. The topological polar surface area (TPSA) is 23.5 Å². The van der Waals surface area contributed by atoms with Crippen LogP contribution in [0.1, 0.15) is 37.7 Å². The minimum Gasteiger partial charge on any atom is -0.390 e. The maximum Gasteiger partial charge on any atom is 0.123 e. The van der Waals surface area contributed by atoms with Crippen molar-refractivity contribution in [1.82, 2.24) is 4.90 Å². The average molecular weight is 342 g/mol. The van der Waals surface area contributed by atoms with E-state index in [2.05, 4.69) is 20.8 Å². The number of hydrogen-bond donors (Lipinski definition) is 1. The van der Waals surface area contributed by atoms with E-state index in [-0.39, 0.29) is 5.82 Å². The van der Waals surface area contributed by atoms with Gasteiger partial charge in [-0.1, -0.05) is 28.8 Å². The number of rotatable bonds is 2. The largest absolute Gasteiger partial charge is 0.390 e. The van der Waals surface area contributed by atoms with Gasteiger partial charge in [-0.3, -0.25) is 4.90 Å². The van der Waals surface area contributed by atoms with Gasteiger partial charge in [-0.25, -0.2) is 4.39 Å². The van der Waals surface area contributed by atoms with Crippen molar-refractivity contribution in [3.8, 4) is 0 Å². The van der Waals surface area contributed by atoms with Gasteiger partial charge >= 0.3 is 0 Å². The first kappa shape index (κ1) is 14.5. The van der Waals surface area contributed by atoms with Gasteiger partial charge in [0.25, 0.3) is 0 Å². The Balaban J connectivity index is 1.69. The van der Waals surface area contributed by atoms with Crippen molar-refractivity contribution in [1.29, 1.82) is 0 Å². The summed E-state index contributed by atoms with van der Waals surface area (Å²) in [6.07, 6.45) is 5.31. The number of halogens is 2. The van der Waals surface area contributed by atoms with Gasteiger partial charge in [0.05, 0.1) is 5.60 Å². The van der Waals surface area contributed by atoms with Gasteiger partial charge in [0.15, 0.2) is 0 Å². The summed E-state index contributed by atoms with van der Waals surface area (Å²) in [4.78, 5) is 2.35. The van der Waals surface area contributed by atoms with Crippen molar-refractivity contribution in [2.24, 2.45) is 5.92 Å². The molecule has 1 aliphatic carbocycles. The Morgan fingerprint density at radius 2 is 2.20 bits per heavy atom. The van der Waals surface area contributed by atoms with Gasteiger partial charge < -0.3 is 5.11 Å². The molecule has 1 aliphatic heterocycles. The van der Waals surface area contributed by atoms with Crippen LogP contribution in [0.15, 0.2) is 22.7 Å². The van der Waals surface area contributed by atoms with Crippen molar-refractivity contribution in [2.75, 3.05) is 13.1 Å². The lowest BCUT2D eigenvalue weighted by Gasteiger charge is -2.47. The average Bonchev–Trinajstić information content (AvgIpc) is 2.43. The number of piperidine rings is 1. The smallest absolute Gasteiger partial charge is 0.123 e. The summed E-state index contributed by atoms with van der Waals surface area (Å²) in [6.45, 7) is 2.58. The Hall–Kier alpha value is -0.450. The second-order valence-corrected chi connectivity index (χ2v) is 7.12. The van der Waals surface area contributed by atoms with Crippen LogP contribution in [0.25, 0.3) is 0 Å². The van der Waals surface area contributed by atoms with Gasteiger partial charge in [-0.05, 0) is 43.0 Å². The summed E-state index contributed by atoms with van der Waals surface area (Å²) >= 11 is 3.49. The zero-order valence-electron chi connectivity index (χ0n) is 11.6. The van der Waals surface area contributed by atoms with Gasteiger partial charge in [0, 0.05) is 30.0 Å². The van der Waals surface area contributed by atoms with Gasteiger partial charge in [-0.15, -0.1) is 0 Å². The van der Waals surface area contributed by atoms with E-state index in [9.17, 15) is 9.50 Å². The zero-order chi connectivity index (χ0) is 14.2. The molecule has 2 nitrogen and oxygen atoms in total. The lowest BCUT2D eigenvalue weighted by atomic mass is 9.71. The van der Waals surface area contributed by atoms with Gasteiger partial charge in [0.1, 0.15) is 5.82 Å². The fraction of sp³-hybridized carbons (Fsp3) is 0.625. The zero-order valence-corrected chi connectivity index (χ0v) is 13.2. The highest BCUT2D eigenvalue weighted by atomic mass is 79.9. The molecule has 0 spiro atoms. The molecule has 1 heterocycles. The van der Waals surface area contributed by atoms with Crippen LogP contribution in [0.2, 0.25) is 0 Å². The molecule has 1 saturated carbocycles. The fourth-order valence-corrected chi connectivity index (χ4v) is 4.06. The molecule has 1 aromatic rings. The molecule has 20 heavy (non-hydrogen) atoms. The number of aliphatic hydroxyl groups is 1. The third-order valence-corrected chi connectivity index (χ3v) is 5.69. The van der Waals surface area contributed by atoms with Crippen molar-refractivity contribution in [3.05, 3.63) is 34.1 Å². The highest BCUT2D eigenvalue weighted by Crippen LogP contribution is 2.40. The first-order chi connectivity index (χ1) is 9.57. The van der Waals surface area contributed by atoms with E-state index < -0.39 is 5.60 Å². The third-order valence-electron chi connectivity index (χ3n) is 4.91. The van der Waals surface area contributed by atoms with Crippen LogP contribution in [-0.2, 0) is 6.54 Å².